The van der Waals surface area contributed by atoms with E-state index in [4.69, 9.17) is 9.47 Å². The molecule has 0 spiro atoms. The van der Waals surface area contributed by atoms with Crippen LogP contribution in [0.4, 0.5) is 0 Å². The maximum absolute atomic E-state index is 11.6. The van der Waals surface area contributed by atoms with Gasteiger partial charge in [-0.15, -0.1) is 0 Å². The lowest BCUT2D eigenvalue weighted by molar-refractivity contribution is -0.133. The molecule has 184 valence electrons. The van der Waals surface area contributed by atoms with E-state index in [1.54, 1.807) is 48.5 Å². The molecule has 8 heteroatoms. The molecule has 35 heavy (non-hydrogen) atoms. The summed E-state index contributed by atoms with van der Waals surface area (Å²) in [5.74, 6) is -1.94. The first-order valence-corrected chi connectivity index (χ1v) is 10.8. The summed E-state index contributed by atoms with van der Waals surface area (Å²) in [5, 5.41) is 19.0. The third-order valence-electron chi connectivity index (χ3n) is 5.74. The van der Waals surface area contributed by atoms with Crippen molar-refractivity contribution in [2.45, 2.75) is 26.2 Å². The number of aldehydes is 2. The Labute approximate surface area is 203 Å². The van der Waals surface area contributed by atoms with Gasteiger partial charge in [-0.1, -0.05) is 43.3 Å². The van der Waals surface area contributed by atoms with Gasteiger partial charge in [0.1, 0.15) is 24.7 Å². The summed E-state index contributed by atoms with van der Waals surface area (Å²) in [4.78, 5) is 44.5. The highest BCUT2D eigenvalue weighted by Crippen LogP contribution is 2.42. The first-order chi connectivity index (χ1) is 16.6. The fourth-order valence-corrected chi connectivity index (χ4v) is 3.67. The van der Waals surface area contributed by atoms with E-state index in [1.807, 2.05) is 6.92 Å². The SMILES string of the molecule is CC(=CC(C=C(C)C(=O)O)C(C)(c1ccc(OCC=O)cc1)c1ccc(OCC=O)cc1)C(=O)O. The monoisotopic (exact) mass is 480 g/mol. The first-order valence-electron chi connectivity index (χ1n) is 10.8. The van der Waals surface area contributed by atoms with Crippen molar-refractivity contribution < 1.29 is 38.9 Å². The molecule has 2 aromatic rings. The predicted molar refractivity (Wildman–Crippen MR) is 129 cm³/mol. The Bertz CT molecular complexity index is 1030. The van der Waals surface area contributed by atoms with E-state index in [0.717, 1.165) is 11.1 Å². The lowest BCUT2D eigenvalue weighted by Crippen LogP contribution is -2.32. The average Bonchev–Trinajstić information content (AvgIpc) is 2.85. The van der Waals surface area contributed by atoms with E-state index in [1.165, 1.54) is 26.0 Å². The summed E-state index contributed by atoms with van der Waals surface area (Å²) in [6.07, 6.45) is 4.34. The quantitative estimate of drug-likeness (QED) is 0.327. The highest BCUT2D eigenvalue weighted by atomic mass is 16.5. The van der Waals surface area contributed by atoms with Crippen molar-refractivity contribution in [1.82, 2.24) is 0 Å². The minimum atomic E-state index is -1.12. The van der Waals surface area contributed by atoms with Gasteiger partial charge >= 0.3 is 11.9 Å². The second-order valence-corrected chi connectivity index (χ2v) is 8.04. The molecule has 0 saturated carbocycles. The van der Waals surface area contributed by atoms with Gasteiger partial charge < -0.3 is 19.7 Å². The Hall–Kier alpha value is -4.20. The van der Waals surface area contributed by atoms with Crippen LogP contribution in [0.5, 0.6) is 11.5 Å². The number of benzene rings is 2. The lowest BCUT2D eigenvalue weighted by atomic mass is 9.66. The van der Waals surface area contributed by atoms with Crippen LogP contribution >= 0.6 is 0 Å². The topological polar surface area (TPSA) is 127 Å². The molecule has 0 aromatic heterocycles. The summed E-state index contributed by atoms with van der Waals surface area (Å²) >= 11 is 0. The molecule has 0 heterocycles. The van der Waals surface area contributed by atoms with Crippen LogP contribution in [0.1, 0.15) is 31.9 Å². The maximum Gasteiger partial charge on any atom is 0.330 e. The Kier molecular flexibility index (Phi) is 9.52. The number of aliphatic carboxylic acids is 2. The number of hydrogen-bond donors (Lipinski definition) is 2. The van der Waals surface area contributed by atoms with E-state index in [2.05, 4.69) is 0 Å². The minimum absolute atomic E-state index is 0.0625. The van der Waals surface area contributed by atoms with Crippen LogP contribution in [0, 0.1) is 5.92 Å². The largest absolute Gasteiger partial charge is 0.486 e. The number of carboxylic acid groups (broad SMARTS) is 2. The van der Waals surface area contributed by atoms with Gasteiger partial charge in [0.15, 0.2) is 12.6 Å². The van der Waals surface area contributed by atoms with Crippen LogP contribution in [0.3, 0.4) is 0 Å². The van der Waals surface area contributed by atoms with E-state index in [9.17, 15) is 29.4 Å². The molecule has 0 fully saturated rings. The Morgan fingerprint density at radius 3 is 1.40 bits per heavy atom. The molecule has 0 aliphatic heterocycles. The predicted octanol–water partition coefficient (Wildman–Crippen LogP) is 3.83. The van der Waals surface area contributed by atoms with Crippen molar-refractivity contribution in [3.05, 3.63) is 83.0 Å². The number of hydrogen-bond acceptors (Lipinski definition) is 6. The zero-order valence-corrected chi connectivity index (χ0v) is 19.8. The van der Waals surface area contributed by atoms with Gasteiger partial charge in [-0.3, -0.25) is 9.59 Å². The summed E-state index contributed by atoms with van der Waals surface area (Å²) < 4.78 is 10.7. The molecule has 0 bridgehead atoms. The van der Waals surface area contributed by atoms with Crippen molar-refractivity contribution in [2.75, 3.05) is 13.2 Å². The number of carbonyl (C=O) groups is 4. The van der Waals surface area contributed by atoms with E-state index in [0.29, 0.717) is 24.1 Å². The molecule has 0 unspecified atom stereocenters. The molecule has 2 aromatic carbocycles. The second kappa shape index (κ2) is 12.3. The zero-order valence-electron chi connectivity index (χ0n) is 19.8. The Balaban J connectivity index is 2.73. The van der Waals surface area contributed by atoms with Gasteiger partial charge in [0, 0.05) is 22.5 Å². The van der Waals surface area contributed by atoms with Crippen LogP contribution in [0.25, 0.3) is 0 Å². The minimum Gasteiger partial charge on any atom is -0.486 e. The molecule has 0 radical (unpaired) electrons. The van der Waals surface area contributed by atoms with Gasteiger partial charge in [0.25, 0.3) is 0 Å². The van der Waals surface area contributed by atoms with Crippen LogP contribution in [0.15, 0.2) is 71.8 Å². The fraction of sp³-hybridized carbons (Fsp3) is 0.259. The van der Waals surface area contributed by atoms with Gasteiger partial charge in [-0.05, 0) is 49.2 Å². The van der Waals surface area contributed by atoms with Crippen molar-refractivity contribution in [3.63, 3.8) is 0 Å². The molecule has 2 N–H and O–H groups in total. The van der Waals surface area contributed by atoms with Crippen molar-refractivity contribution >= 4 is 24.5 Å². The molecular formula is C27H28O8. The maximum atomic E-state index is 11.6. The van der Waals surface area contributed by atoms with Gasteiger partial charge in [-0.2, -0.15) is 0 Å². The number of allylic oxidation sites excluding steroid dienone is 2. The van der Waals surface area contributed by atoms with Gasteiger partial charge in [0.05, 0.1) is 0 Å². The smallest absolute Gasteiger partial charge is 0.330 e. The summed E-state index contributed by atoms with van der Waals surface area (Å²) in [5.41, 5.74) is 0.720. The average molecular weight is 481 g/mol. The molecule has 8 nitrogen and oxygen atoms in total. The standard InChI is InChI=1S/C27H28O8/c1-18(25(30)31)16-22(17-19(2)26(32)33)27(3,20-4-8-23(9-5-20)34-14-12-28)21-6-10-24(11-7-21)35-15-13-29/h4-13,16-17,22H,14-15H2,1-3H3,(H,30,31)(H,32,33). The zero-order chi connectivity index (χ0) is 26.0. The van der Waals surface area contributed by atoms with E-state index in [-0.39, 0.29) is 24.4 Å². The van der Waals surface area contributed by atoms with Crippen molar-refractivity contribution in [2.24, 2.45) is 5.92 Å². The van der Waals surface area contributed by atoms with E-state index < -0.39 is 23.3 Å². The highest BCUT2D eigenvalue weighted by molar-refractivity contribution is 5.87. The molecule has 0 atom stereocenters. The number of carbonyl (C=O) groups excluding carboxylic acids is 2. The van der Waals surface area contributed by atoms with Gasteiger partial charge in [0.2, 0.25) is 0 Å². The van der Waals surface area contributed by atoms with Crippen LogP contribution in [-0.2, 0) is 24.6 Å². The molecule has 0 saturated heterocycles. The van der Waals surface area contributed by atoms with Crippen LogP contribution < -0.4 is 9.47 Å². The fourth-order valence-electron chi connectivity index (χ4n) is 3.67. The van der Waals surface area contributed by atoms with Crippen molar-refractivity contribution in [1.29, 1.82) is 0 Å². The summed E-state index contributed by atoms with van der Waals surface area (Å²) in [6, 6.07) is 13.9. The summed E-state index contributed by atoms with van der Waals surface area (Å²) in [7, 11) is 0. The van der Waals surface area contributed by atoms with Crippen LogP contribution in [-0.4, -0.2) is 47.9 Å². The normalized spacial score (nSPS) is 13.0. The molecule has 0 aliphatic carbocycles. The highest BCUT2D eigenvalue weighted by Gasteiger charge is 2.36. The third kappa shape index (κ3) is 6.89. The van der Waals surface area contributed by atoms with E-state index >= 15 is 0 Å². The van der Waals surface area contributed by atoms with Crippen LogP contribution in [0.2, 0.25) is 0 Å². The lowest BCUT2D eigenvalue weighted by Gasteiger charge is -2.37. The third-order valence-corrected chi connectivity index (χ3v) is 5.74. The number of rotatable bonds is 13. The molecule has 2 rings (SSSR count). The molecule has 0 amide bonds. The Morgan fingerprint density at radius 2 is 1.11 bits per heavy atom. The number of ether oxygens (including phenoxy) is 2. The summed E-state index contributed by atoms with van der Waals surface area (Å²) in [6.45, 7) is 4.60. The molecule has 0 aliphatic rings. The van der Waals surface area contributed by atoms with Gasteiger partial charge in [-0.25, -0.2) is 9.59 Å². The Morgan fingerprint density at radius 1 is 0.771 bits per heavy atom. The molecular weight excluding hydrogens is 452 g/mol. The number of carboxylic acids is 2. The first kappa shape index (κ1) is 27.0. The van der Waals surface area contributed by atoms with Crippen molar-refractivity contribution in [3.8, 4) is 11.5 Å². The second-order valence-electron chi connectivity index (χ2n) is 8.04.